The Morgan fingerprint density at radius 2 is 1.92 bits per heavy atom. The van der Waals surface area contributed by atoms with Crippen LogP contribution in [0.5, 0.6) is 5.75 Å². The molecule has 1 saturated heterocycles. The molecular formula is C19H17FN2O2. The molecule has 1 amide bonds. The number of carbonyl (C=O) groups is 1. The number of hydrogen-bond donors (Lipinski definition) is 0. The number of piperidine rings is 1. The lowest BCUT2D eigenvalue weighted by Crippen LogP contribution is -2.42. The highest BCUT2D eigenvalue weighted by atomic mass is 19.1. The SMILES string of the molecule is N#Cc1ccccc1C(=O)N1CCC(Oc2cccc(F)c2)CC1. The van der Waals surface area contributed by atoms with E-state index in [1.165, 1.54) is 12.1 Å². The predicted octanol–water partition coefficient (Wildman–Crippen LogP) is 3.38. The van der Waals surface area contributed by atoms with Gasteiger partial charge in [-0.05, 0) is 24.3 Å². The van der Waals surface area contributed by atoms with Crippen molar-refractivity contribution < 1.29 is 13.9 Å². The van der Waals surface area contributed by atoms with E-state index in [1.54, 1.807) is 41.3 Å². The number of ether oxygens (including phenoxy) is 1. The van der Waals surface area contributed by atoms with Crippen molar-refractivity contribution >= 4 is 5.91 Å². The molecule has 4 nitrogen and oxygen atoms in total. The van der Waals surface area contributed by atoms with Gasteiger partial charge in [0.2, 0.25) is 0 Å². The molecule has 0 aromatic heterocycles. The smallest absolute Gasteiger partial charge is 0.255 e. The molecule has 0 atom stereocenters. The van der Waals surface area contributed by atoms with Crippen LogP contribution in [-0.4, -0.2) is 30.0 Å². The third-order valence-corrected chi connectivity index (χ3v) is 4.11. The van der Waals surface area contributed by atoms with E-state index in [9.17, 15) is 9.18 Å². The fraction of sp³-hybridized carbons (Fsp3) is 0.263. The zero-order valence-corrected chi connectivity index (χ0v) is 13.1. The number of nitriles is 1. The third-order valence-electron chi connectivity index (χ3n) is 4.11. The first-order valence-corrected chi connectivity index (χ1v) is 7.88. The molecule has 0 bridgehead atoms. The van der Waals surface area contributed by atoms with E-state index in [-0.39, 0.29) is 17.8 Å². The van der Waals surface area contributed by atoms with Gasteiger partial charge in [-0.2, -0.15) is 5.26 Å². The minimum Gasteiger partial charge on any atom is -0.490 e. The van der Waals surface area contributed by atoms with Crippen LogP contribution in [0.2, 0.25) is 0 Å². The van der Waals surface area contributed by atoms with Gasteiger partial charge in [0, 0.05) is 32.0 Å². The van der Waals surface area contributed by atoms with Crippen molar-refractivity contribution in [3.05, 3.63) is 65.5 Å². The van der Waals surface area contributed by atoms with E-state index >= 15 is 0 Å². The minimum atomic E-state index is -0.326. The molecule has 0 N–H and O–H groups in total. The van der Waals surface area contributed by atoms with E-state index in [1.807, 2.05) is 0 Å². The van der Waals surface area contributed by atoms with Crippen LogP contribution in [0.4, 0.5) is 4.39 Å². The number of carbonyl (C=O) groups excluding carboxylic acids is 1. The van der Waals surface area contributed by atoms with E-state index in [2.05, 4.69) is 6.07 Å². The molecule has 0 aliphatic carbocycles. The van der Waals surface area contributed by atoms with Crippen LogP contribution >= 0.6 is 0 Å². The lowest BCUT2D eigenvalue weighted by molar-refractivity contribution is 0.0595. The van der Waals surface area contributed by atoms with Gasteiger partial charge in [-0.3, -0.25) is 4.79 Å². The van der Waals surface area contributed by atoms with Gasteiger partial charge in [0.1, 0.15) is 17.7 Å². The molecule has 5 heteroatoms. The van der Waals surface area contributed by atoms with Gasteiger partial charge in [0.25, 0.3) is 5.91 Å². The second kappa shape index (κ2) is 7.14. The van der Waals surface area contributed by atoms with Crippen LogP contribution in [0.3, 0.4) is 0 Å². The van der Waals surface area contributed by atoms with Crippen LogP contribution in [0.25, 0.3) is 0 Å². The first kappa shape index (κ1) is 16.0. The van der Waals surface area contributed by atoms with Gasteiger partial charge in [0.15, 0.2) is 0 Å². The fourth-order valence-corrected chi connectivity index (χ4v) is 2.85. The van der Waals surface area contributed by atoms with Crippen LogP contribution in [-0.2, 0) is 0 Å². The molecule has 0 spiro atoms. The van der Waals surface area contributed by atoms with E-state index in [4.69, 9.17) is 10.00 Å². The van der Waals surface area contributed by atoms with Crippen molar-refractivity contribution in [3.8, 4) is 11.8 Å². The summed E-state index contributed by atoms with van der Waals surface area (Å²) in [5.74, 6) is 0.0548. The number of amides is 1. The summed E-state index contributed by atoms with van der Waals surface area (Å²) in [5.41, 5.74) is 0.824. The summed E-state index contributed by atoms with van der Waals surface area (Å²) >= 11 is 0. The average molecular weight is 324 g/mol. The Bertz CT molecular complexity index is 777. The highest BCUT2D eigenvalue weighted by molar-refractivity contribution is 5.96. The van der Waals surface area contributed by atoms with Gasteiger partial charge in [0.05, 0.1) is 17.2 Å². The van der Waals surface area contributed by atoms with E-state index in [0.29, 0.717) is 42.8 Å². The molecule has 0 radical (unpaired) electrons. The van der Waals surface area contributed by atoms with Gasteiger partial charge in [-0.1, -0.05) is 18.2 Å². The number of halogens is 1. The van der Waals surface area contributed by atoms with Crippen molar-refractivity contribution in [3.63, 3.8) is 0 Å². The second-order valence-electron chi connectivity index (χ2n) is 5.72. The maximum Gasteiger partial charge on any atom is 0.255 e. The summed E-state index contributed by atoms with van der Waals surface area (Å²) in [7, 11) is 0. The highest BCUT2D eigenvalue weighted by Gasteiger charge is 2.25. The van der Waals surface area contributed by atoms with Crippen molar-refractivity contribution in [2.24, 2.45) is 0 Å². The lowest BCUT2D eigenvalue weighted by atomic mass is 10.0. The summed E-state index contributed by atoms with van der Waals surface area (Å²) in [5, 5.41) is 9.12. The number of nitrogens with zero attached hydrogens (tertiary/aromatic N) is 2. The zero-order chi connectivity index (χ0) is 16.9. The first-order chi connectivity index (χ1) is 11.7. The summed E-state index contributed by atoms with van der Waals surface area (Å²) in [6.07, 6.45) is 1.32. The number of hydrogen-bond acceptors (Lipinski definition) is 3. The van der Waals surface area contributed by atoms with Crippen molar-refractivity contribution in [2.45, 2.75) is 18.9 Å². The Labute approximate surface area is 140 Å². The largest absolute Gasteiger partial charge is 0.490 e. The Morgan fingerprint density at radius 3 is 2.62 bits per heavy atom. The number of likely N-dealkylation sites (tertiary alicyclic amines) is 1. The molecule has 0 unspecified atom stereocenters. The maximum absolute atomic E-state index is 13.2. The molecule has 1 fully saturated rings. The third kappa shape index (κ3) is 3.54. The maximum atomic E-state index is 13.2. The molecule has 0 saturated carbocycles. The molecule has 122 valence electrons. The minimum absolute atomic E-state index is 0.0398. The molecular weight excluding hydrogens is 307 g/mol. The van der Waals surface area contributed by atoms with E-state index in [0.717, 1.165) is 0 Å². The Kier molecular flexibility index (Phi) is 4.76. The Hall–Kier alpha value is -2.87. The van der Waals surface area contributed by atoms with Gasteiger partial charge in [-0.25, -0.2) is 4.39 Å². The average Bonchev–Trinajstić information content (AvgIpc) is 2.62. The molecule has 3 rings (SSSR count). The van der Waals surface area contributed by atoms with Gasteiger partial charge < -0.3 is 9.64 Å². The number of benzene rings is 2. The molecule has 2 aromatic rings. The van der Waals surface area contributed by atoms with Crippen LogP contribution in [0.1, 0.15) is 28.8 Å². The van der Waals surface area contributed by atoms with Gasteiger partial charge in [-0.15, -0.1) is 0 Å². The van der Waals surface area contributed by atoms with Crippen molar-refractivity contribution in [1.29, 1.82) is 5.26 Å². The number of rotatable bonds is 3. The normalized spacial score (nSPS) is 14.9. The molecule has 2 aromatic carbocycles. The Balaban J connectivity index is 1.61. The van der Waals surface area contributed by atoms with Crippen LogP contribution < -0.4 is 4.74 Å². The molecule has 1 heterocycles. The summed E-state index contributed by atoms with van der Waals surface area (Å²) in [6.45, 7) is 1.11. The van der Waals surface area contributed by atoms with Crippen LogP contribution in [0, 0.1) is 17.1 Å². The first-order valence-electron chi connectivity index (χ1n) is 7.88. The standard InChI is InChI=1S/C19H17FN2O2/c20-15-5-3-6-17(12-15)24-16-8-10-22(11-9-16)19(23)18-7-2-1-4-14(18)13-21/h1-7,12,16H,8-11H2. The topological polar surface area (TPSA) is 53.3 Å². The predicted molar refractivity (Wildman–Crippen MR) is 87.1 cm³/mol. The zero-order valence-electron chi connectivity index (χ0n) is 13.1. The highest BCUT2D eigenvalue weighted by Crippen LogP contribution is 2.21. The lowest BCUT2D eigenvalue weighted by Gasteiger charge is -2.32. The molecule has 1 aliphatic heterocycles. The molecule has 1 aliphatic rings. The Morgan fingerprint density at radius 1 is 1.17 bits per heavy atom. The van der Waals surface area contributed by atoms with Gasteiger partial charge >= 0.3 is 0 Å². The quantitative estimate of drug-likeness (QED) is 0.870. The van der Waals surface area contributed by atoms with Crippen molar-refractivity contribution in [2.75, 3.05) is 13.1 Å². The summed E-state index contributed by atoms with van der Waals surface area (Å²) in [6, 6.07) is 15.0. The molecule has 24 heavy (non-hydrogen) atoms. The second-order valence-corrected chi connectivity index (χ2v) is 5.72. The van der Waals surface area contributed by atoms with Crippen LogP contribution in [0.15, 0.2) is 48.5 Å². The van der Waals surface area contributed by atoms with Crippen molar-refractivity contribution in [1.82, 2.24) is 4.90 Å². The van der Waals surface area contributed by atoms with E-state index < -0.39 is 0 Å². The fourth-order valence-electron chi connectivity index (χ4n) is 2.85. The monoisotopic (exact) mass is 324 g/mol. The summed E-state index contributed by atoms with van der Waals surface area (Å²) < 4.78 is 19.0. The summed E-state index contributed by atoms with van der Waals surface area (Å²) in [4.78, 5) is 14.3.